The summed E-state index contributed by atoms with van der Waals surface area (Å²) < 4.78 is 0. The molecule has 3 aromatic rings. The lowest BCUT2D eigenvalue weighted by molar-refractivity contribution is 0.0605. The van der Waals surface area contributed by atoms with Crippen LogP contribution in [0.3, 0.4) is 0 Å². The summed E-state index contributed by atoms with van der Waals surface area (Å²) in [6.07, 6.45) is 2.12. The zero-order valence-corrected chi connectivity index (χ0v) is 20.5. The zero-order chi connectivity index (χ0) is 24.4. The van der Waals surface area contributed by atoms with E-state index in [1.807, 2.05) is 71.3 Å². The third-order valence-corrected chi connectivity index (χ3v) is 7.46. The Kier molecular flexibility index (Phi) is 6.58. The summed E-state index contributed by atoms with van der Waals surface area (Å²) in [6.45, 7) is 6.45. The van der Waals surface area contributed by atoms with Gasteiger partial charge in [0.25, 0.3) is 11.8 Å². The molecule has 0 radical (unpaired) electrons. The third-order valence-electron chi connectivity index (χ3n) is 7.46. The second-order valence-corrected chi connectivity index (χ2v) is 9.60. The fraction of sp³-hybridized carbons (Fsp3) is 0.333. The summed E-state index contributed by atoms with van der Waals surface area (Å²) in [5.74, 6) is 0.190. The van der Waals surface area contributed by atoms with Gasteiger partial charge in [0.1, 0.15) is 0 Å². The number of amides is 2. The van der Waals surface area contributed by atoms with E-state index >= 15 is 0 Å². The number of hydrogen-bond donors (Lipinski definition) is 1. The average molecular weight is 468 g/mol. The van der Waals surface area contributed by atoms with E-state index in [1.165, 1.54) is 5.56 Å². The Morgan fingerprint density at radius 3 is 2.23 bits per heavy atom. The van der Waals surface area contributed by atoms with E-state index in [4.69, 9.17) is 0 Å². The molecule has 3 unspecified atom stereocenters. The van der Waals surface area contributed by atoms with Crippen LogP contribution < -0.4 is 5.32 Å². The molecular weight excluding hydrogens is 434 g/mol. The van der Waals surface area contributed by atoms with Crippen LogP contribution in [0.2, 0.25) is 0 Å². The van der Waals surface area contributed by atoms with Crippen LogP contribution in [0.5, 0.6) is 0 Å². The lowest BCUT2D eigenvalue weighted by Gasteiger charge is -2.44. The van der Waals surface area contributed by atoms with Crippen molar-refractivity contribution in [1.29, 1.82) is 0 Å². The van der Waals surface area contributed by atoms with Crippen LogP contribution in [0.1, 0.15) is 70.6 Å². The molecule has 0 aromatic heterocycles. The fourth-order valence-corrected chi connectivity index (χ4v) is 5.65. The van der Waals surface area contributed by atoms with Gasteiger partial charge in [0.05, 0.1) is 12.1 Å². The van der Waals surface area contributed by atoms with Gasteiger partial charge in [-0.1, -0.05) is 55.5 Å². The maximum atomic E-state index is 13.7. The van der Waals surface area contributed by atoms with Crippen molar-refractivity contribution in [1.82, 2.24) is 9.80 Å². The highest BCUT2D eigenvalue weighted by Crippen LogP contribution is 2.46. The third kappa shape index (κ3) is 4.43. The lowest BCUT2D eigenvalue weighted by atomic mass is 9.79. The van der Waals surface area contributed by atoms with Gasteiger partial charge in [-0.05, 0) is 61.2 Å². The number of likely N-dealkylation sites (tertiary alicyclic amines) is 1. The minimum atomic E-state index is -0.166. The highest BCUT2D eigenvalue weighted by atomic mass is 16.2. The largest absolute Gasteiger partial charge is 0.378 e. The molecule has 35 heavy (non-hydrogen) atoms. The second-order valence-electron chi connectivity index (χ2n) is 9.60. The molecule has 2 heterocycles. The molecule has 0 saturated carbocycles. The van der Waals surface area contributed by atoms with Crippen molar-refractivity contribution in [2.75, 3.05) is 25.0 Å². The number of nitrogens with zero attached hydrogens (tertiary/aromatic N) is 2. The van der Waals surface area contributed by atoms with E-state index in [2.05, 4.69) is 36.5 Å². The predicted octanol–water partition coefficient (Wildman–Crippen LogP) is 5.93. The molecule has 2 aliphatic rings. The standard InChI is InChI=1S/C30H33N3O2/c1-3-33(30(35)23-14-8-5-9-15-23)28-21(2)27(22-12-6-4-7-13-22)31-26-17-16-24(20-25(26)28)29(34)32-18-10-11-19-32/h4-9,12-17,20-21,27-28,31H,3,10-11,18-19H2,1-2H3. The maximum Gasteiger partial charge on any atom is 0.254 e. The SMILES string of the molecule is CCN(C(=O)c1ccccc1)C1c2cc(C(=O)N3CCCC3)ccc2NC(c2ccccc2)C1C. The number of fused-ring (bicyclic) bond motifs is 1. The molecule has 0 bridgehead atoms. The minimum absolute atomic E-state index is 0.0147. The van der Waals surface area contributed by atoms with Crippen molar-refractivity contribution >= 4 is 17.5 Å². The number of anilines is 1. The number of carbonyl (C=O) groups is 2. The highest BCUT2D eigenvalue weighted by molar-refractivity contribution is 5.96. The maximum absolute atomic E-state index is 13.7. The van der Waals surface area contributed by atoms with Gasteiger partial charge in [-0.3, -0.25) is 9.59 Å². The summed E-state index contributed by atoms with van der Waals surface area (Å²) in [4.78, 5) is 30.9. The molecule has 3 aromatic carbocycles. The number of rotatable bonds is 5. The number of nitrogens with one attached hydrogen (secondary N) is 1. The van der Waals surface area contributed by atoms with Crippen LogP contribution in [0.25, 0.3) is 0 Å². The van der Waals surface area contributed by atoms with Crippen molar-refractivity contribution in [3.05, 3.63) is 101 Å². The lowest BCUT2D eigenvalue weighted by Crippen LogP contribution is -2.43. The molecule has 2 amide bonds. The first-order chi connectivity index (χ1) is 17.1. The van der Waals surface area contributed by atoms with E-state index in [9.17, 15) is 9.59 Å². The normalized spacial score (nSPS) is 21.2. The Bertz CT molecular complexity index is 1190. The topological polar surface area (TPSA) is 52.7 Å². The van der Waals surface area contributed by atoms with Crippen molar-refractivity contribution in [2.24, 2.45) is 5.92 Å². The highest BCUT2D eigenvalue weighted by Gasteiger charge is 2.40. The van der Waals surface area contributed by atoms with Crippen molar-refractivity contribution in [2.45, 2.75) is 38.8 Å². The molecule has 5 nitrogen and oxygen atoms in total. The Balaban J connectivity index is 1.59. The molecule has 1 saturated heterocycles. The smallest absolute Gasteiger partial charge is 0.254 e. The molecule has 5 heteroatoms. The van der Waals surface area contributed by atoms with Gasteiger partial charge in [0.15, 0.2) is 0 Å². The quantitative estimate of drug-likeness (QED) is 0.506. The zero-order valence-electron chi connectivity index (χ0n) is 20.5. The molecule has 5 rings (SSSR count). The first-order valence-corrected chi connectivity index (χ1v) is 12.7. The molecule has 3 atom stereocenters. The van der Waals surface area contributed by atoms with E-state index < -0.39 is 0 Å². The van der Waals surface area contributed by atoms with E-state index in [0.717, 1.165) is 37.2 Å². The molecule has 1 fully saturated rings. The Labute approximate surface area is 207 Å². The van der Waals surface area contributed by atoms with E-state index in [-0.39, 0.29) is 29.8 Å². The fourth-order valence-electron chi connectivity index (χ4n) is 5.65. The van der Waals surface area contributed by atoms with Gasteiger partial charge in [-0.25, -0.2) is 0 Å². The summed E-state index contributed by atoms with van der Waals surface area (Å²) in [7, 11) is 0. The van der Waals surface area contributed by atoms with E-state index in [1.54, 1.807) is 0 Å². The van der Waals surface area contributed by atoms with Crippen molar-refractivity contribution in [3.8, 4) is 0 Å². The first-order valence-electron chi connectivity index (χ1n) is 12.7. The second kappa shape index (κ2) is 9.95. The van der Waals surface area contributed by atoms with Crippen LogP contribution in [0.4, 0.5) is 5.69 Å². The molecule has 0 spiro atoms. The van der Waals surface area contributed by atoms with Gasteiger partial charge in [0, 0.05) is 42.4 Å². The average Bonchev–Trinajstić information content (AvgIpc) is 3.45. The number of benzene rings is 3. The first kappa shape index (κ1) is 23.2. The number of hydrogen-bond acceptors (Lipinski definition) is 3. The molecule has 180 valence electrons. The van der Waals surface area contributed by atoms with Crippen LogP contribution in [0.15, 0.2) is 78.9 Å². The van der Waals surface area contributed by atoms with Gasteiger partial charge >= 0.3 is 0 Å². The van der Waals surface area contributed by atoms with Crippen LogP contribution in [-0.2, 0) is 0 Å². The van der Waals surface area contributed by atoms with Crippen molar-refractivity contribution < 1.29 is 9.59 Å². The van der Waals surface area contributed by atoms with Gasteiger partial charge in [0.2, 0.25) is 0 Å². The summed E-state index contributed by atoms with van der Waals surface area (Å²) in [5.41, 5.74) is 4.57. The van der Waals surface area contributed by atoms with Crippen LogP contribution >= 0.6 is 0 Å². The molecule has 1 N–H and O–H groups in total. The van der Waals surface area contributed by atoms with Crippen LogP contribution in [0, 0.1) is 5.92 Å². The summed E-state index contributed by atoms with van der Waals surface area (Å²) in [5, 5.41) is 3.72. The molecule has 0 aliphatic carbocycles. The Hall–Kier alpha value is -3.60. The Morgan fingerprint density at radius 1 is 0.914 bits per heavy atom. The van der Waals surface area contributed by atoms with Gasteiger partial charge in [-0.15, -0.1) is 0 Å². The molecular formula is C30H33N3O2. The van der Waals surface area contributed by atoms with Crippen molar-refractivity contribution in [3.63, 3.8) is 0 Å². The minimum Gasteiger partial charge on any atom is -0.378 e. The number of carbonyl (C=O) groups excluding carboxylic acids is 2. The predicted molar refractivity (Wildman–Crippen MR) is 139 cm³/mol. The van der Waals surface area contributed by atoms with E-state index in [0.29, 0.717) is 17.7 Å². The molecule has 2 aliphatic heterocycles. The Morgan fingerprint density at radius 2 is 1.57 bits per heavy atom. The van der Waals surface area contributed by atoms with Gasteiger partial charge < -0.3 is 15.1 Å². The van der Waals surface area contributed by atoms with Gasteiger partial charge in [-0.2, -0.15) is 0 Å². The van der Waals surface area contributed by atoms with Crippen LogP contribution in [-0.4, -0.2) is 41.2 Å². The monoisotopic (exact) mass is 467 g/mol. The summed E-state index contributed by atoms with van der Waals surface area (Å²) in [6, 6.07) is 25.7. The summed E-state index contributed by atoms with van der Waals surface area (Å²) >= 11 is 0.